The second-order valence-electron chi connectivity index (χ2n) is 4.19. The van der Waals surface area contributed by atoms with E-state index in [2.05, 4.69) is 5.32 Å². The predicted octanol–water partition coefficient (Wildman–Crippen LogP) is 1.71. The van der Waals surface area contributed by atoms with E-state index in [4.69, 9.17) is 5.26 Å². The first-order valence-corrected chi connectivity index (χ1v) is 7.65. The number of sulfone groups is 1. The molecule has 1 aromatic rings. The van der Waals surface area contributed by atoms with Crippen molar-refractivity contribution in [3.05, 3.63) is 29.8 Å². The molecule has 0 saturated carbocycles. The van der Waals surface area contributed by atoms with E-state index in [1.807, 2.05) is 6.07 Å². The fourth-order valence-electron chi connectivity index (χ4n) is 1.53. The maximum absolute atomic E-state index is 11.9. The zero-order chi connectivity index (χ0) is 14.5. The fourth-order valence-corrected chi connectivity index (χ4v) is 2.84. The van der Waals surface area contributed by atoms with Gasteiger partial charge in [-0.3, -0.25) is 4.79 Å². The first-order chi connectivity index (χ1) is 8.90. The van der Waals surface area contributed by atoms with Crippen LogP contribution in [0.2, 0.25) is 0 Å². The topological polar surface area (TPSA) is 87.0 Å². The third-order valence-corrected chi connectivity index (χ3v) is 4.92. The lowest BCUT2D eigenvalue weighted by Gasteiger charge is -2.12. The number of amides is 1. The van der Waals surface area contributed by atoms with Crippen LogP contribution in [0.3, 0.4) is 0 Å². The highest BCUT2D eigenvalue weighted by Gasteiger charge is 2.27. The van der Waals surface area contributed by atoms with Crippen LogP contribution in [0.1, 0.15) is 25.8 Å². The van der Waals surface area contributed by atoms with Gasteiger partial charge in [-0.15, -0.1) is 0 Å². The van der Waals surface area contributed by atoms with Gasteiger partial charge in [-0.05, 0) is 31.5 Å². The molecule has 0 bridgehead atoms. The molecule has 1 N–H and O–H groups in total. The molecule has 19 heavy (non-hydrogen) atoms. The lowest BCUT2D eigenvalue weighted by Crippen LogP contribution is -2.34. The molecule has 0 heterocycles. The second-order valence-corrected chi connectivity index (χ2v) is 6.63. The molecule has 1 atom stereocenters. The van der Waals surface area contributed by atoms with Crippen LogP contribution in [0, 0.1) is 11.3 Å². The van der Waals surface area contributed by atoms with Crippen LogP contribution in [0.25, 0.3) is 0 Å². The number of nitrogens with one attached hydrogen (secondary N) is 1. The first-order valence-electron chi connectivity index (χ1n) is 5.93. The Bertz CT molecular complexity index is 603. The van der Waals surface area contributed by atoms with Crippen LogP contribution in [-0.2, 0) is 14.6 Å². The molecule has 1 aromatic carbocycles. The van der Waals surface area contributed by atoms with Crippen LogP contribution < -0.4 is 5.32 Å². The van der Waals surface area contributed by atoms with Gasteiger partial charge in [-0.2, -0.15) is 5.26 Å². The summed E-state index contributed by atoms with van der Waals surface area (Å²) in [6.45, 7) is 3.12. The number of nitrogens with zero attached hydrogens (tertiary/aromatic N) is 1. The van der Waals surface area contributed by atoms with E-state index in [0.29, 0.717) is 17.7 Å². The predicted molar refractivity (Wildman–Crippen MR) is 73.3 cm³/mol. The summed E-state index contributed by atoms with van der Waals surface area (Å²) in [4.78, 5) is 11.9. The highest BCUT2D eigenvalue weighted by atomic mass is 32.2. The van der Waals surface area contributed by atoms with Crippen LogP contribution in [-0.4, -0.2) is 25.3 Å². The van der Waals surface area contributed by atoms with Gasteiger partial charge in [0.1, 0.15) is 5.25 Å². The number of anilines is 1. The standard InChI is InChI=1S/C13H16N2O3S/c1-3-7-19(17,18)10(2)13(16)15-12-6-4-5-11(8-12)9-14/h4-6,8,10H,3,7H2,1-2H3,(H,15,16). The molecule has 6 heteroatoms. The molecule has 0 aliphatic rings. The van der Waals surface area contributed by atoms with E-state index in [0.717, 1.165) is 0 Å². The van der Waals surface area contributed by atoms with E-state index in [-0.39, 0.29) is 5.75 Å². The summed E-state index contributed by atoms with van der Waals surface area (Å²) in [5.41, 5.74) is 0.824. The SMILES string of the molecule is CCCS(=O)(=O)C(C)C(=O)Nc1cccc(C#N)c1. The van der Waals surface area contributed by atoms with Gasteiger partial charge in [0.25, 0.3) is 0 Å². The van der Waals surface area contributed by atoms with Crippen molar-refractivity contribution in [3.63, 3.8) is 0 Å². The summed E-state index contributed by atoms with van der Waals surface area (Å²) in [5, 5.41) is 10.2. The Hall–Kier alpha value is -1.87. The minimum absolute atomic E-state index is 0.0141. The maximum atomic E-state index is 11.9. The van der Waals surface area contributed by atoms with Crippen molar-refractivity contribution in [2.24, 2.45) is 0 Å². The van der Waals surface area contributed by atoms with Gasteiger partial charge in [0, 0.05) is 5.69 Å². The molecule has 0 aromatic heterocycles. The van der Waals surface area contributed by atoms with Gasteiger partial charge < -0.3 is 5.32 Å². The van der Waals surface area contributed by atoms with Gasteiger partial charge in [0.05, 0.1) is 17.4 Å². The van der Waals surface area contributed by atoms with E-state index in [9.17, 15) is 13.2 Å². The van der Waals surface area contributed by atoms with Crippen molar-refractivity contribution in [1.82, 2.24) is 0 Å². The first kappa shape index (κ1) is 15.2. The highest BCUT2D eigenvalue weighted by molar-refractivity contribution is 7.92. The number of carbonyl (C=O) groups is 1. The number of hydrogen-bond acceptors (Lipinski definition) is 4. The van der Waals surface area contributed by atoms with Crippen molar-refractivity contribution in [3.8, 4) is 6.07 Å². The molecule has 0 saturated heterocycles. The lowest BCUT2D eigenvalue weighted by molar-refractivity contribution is -0.115. The summed E-state index contributed by atoms with van der Waals surface area (Å²) >= 11 is 0. The summed E-state index contributed by atoms with van der Waals surface area (Å²) in [6.07, 6.45) is 0.476. The third-order valence-electron chi connectivity index (χ3n) is 2.66. The highest BCUT2D eigenvalue weighted by Crippen LogP contribution is 2.12. The van der Waals surface area contributed by atoms with Gasteiger partial charge in [-0.25, -0.2) is 8.42 Å². The summed E-state index contributed by atoms with van der Waals surface area (Å²) in [5.74, 6) is -0.594. The van der Waals surface area contributed by atoms with Crippen molar-refractivity contribution in [2.45, 2.75) is 25.5 Å². The fraction of sp³-hybridized carbons (Fsp3) is 0.385. The van der Waals surface area contributed by atoms with Crippen molar-refractivity contribution < 1.29 is 13.2 Å². The Morgan fingerprint density at radius 1 is 1.47 bits per heavy atom. The third kappa shape index (κ3) is 4.07. The zero-order valence-corrected chi connectivity index (χ0v) is 11.7. The number of benzene rings is 1. The van der Waals surface area contributed by atoms with Crippen LogP contribution in [0.4, 0.5) is 5.69 Å². The molecular formula is C13H16N2O3S. The Labute approximate surface area is 113 Å². The molecule has 0 radical (unpaired) electrons. The van der Waals surface area contributed by atoms with Crippen molar-refractivity contribution >= 4 is 21.4 Å². The van der Waals surface area contributed by atoms with Crippen LogP contribution in [0.15, 0.2) is 24.3 Å². The van der Waals surface area contributed by atoms with Gasteiger partial charge >= 0.3 is 0 Å². The van der Waals surface area contributed by atoms with Gasteiger partial charge in [0.2, 0.25) is 5.91 Å². The Balaban J connectivity index is 2.83. The monoisotopic (exact) mass is 280 g/mol. The quantitative estimate of drug-likeness (QED) is 0.889. The number of carbonyl (C=O) groups excluding carboxylic acids is 1. The minimum Gasteiger partial charge on any atom is -0.325 e. The van der Waals surface area contributed by atoms with Gasteiger partial charge in [0.15, 0.2) is 9.84 Å². The average molecular weight is 280 g/mol. The molecule has 1 unspecified atom stereocenters. The minimum atomic E-state index is -3.42. The molecule has 0 aliphatic heterocycles. The van der Waals surface area contributed by atoms with E-state index < -0.39 is 21.0 Å². The van der Waals surface area contributed by atoms with Crippen molar-refractivity contribution in [2.75, 3.05) is 11.1 Å². The van der Waals surface area contributed by atoms with Gasteiger partial charge in [-0.1, -0.05) is 13.0 Å². The molecule has 0 fully saturated rings. The Kier molecular flexibility index (Phi) is 5.07. The molecule has 1 rings (SSSR count). The summed E-state index contributed by atoms with van der Waals surface area (Å²) < 4.78 is 23.5. The number of nitriles is 1. The molecule has 0 aliphatic carbocycles. The zero-order valence-electron chi connectivity index (χ0n) is 10.9. The smallest absolute Gasteiger partial charge is 0.242 e. The van der Waals surface area contributed by atoms with Crippen LogP contribution >= 0.6 is 0 Å². The molecule has 102 valence electrons. The lowest BCUT2D eigenvalue weighted by atomic mass is 10.2. The molecule has 0 spiro atoms. The normalized spacial score (nSPS) is 12.5. The number of rotatable bonds is 5. The molecule has 5 nitrogen and oxygen atoms in total. The largest absolute Gasteiger partial charge is 0.325 e. The van der Waals surface area contributed by atoms with Crippen LogP contribution in [0.5, 0.6) is 0 Å². The van der Waals surface area contributed by atoms with E-state index in [1.54, 1.807) is 25.1 Å². The van der Waals surface area contributed by atoms with E-state index >= 15 is 0 Å². The Morgan fingerprint density at radius 3 is 2.74 bits per heavy atom. The maximum Gasteiger partial charge on any atom is 0.242 e. The second kappa shape index (κ2) is 6.34. The van der Waals surface area contributed by atoms with Crippen molar-refractivity contribution in [1.29, 1.82) is 5.26 Å². The summed E-state index contributed by atoms with van der Waals surface area (Å²) in [6, 6.07) is 8.29. The molecular weight excluding hydrogens is 264 g/mol. The summed E-state index contributed by atoms with van der Waals surface area (Å²) in [7, 11) is -3.42. The van der Waals surface area contributed by atoms with E-state index in [1.165, 1.54) is 13.0 Å². The molecule has 1 amide bonds. The average Bonchev–Trinajstić information content (AvgIpc) is 2.38. The Morgan fingerprint density at radius 2 is 2.16 bits per heavy atom. The number of hydrogen-bond donors (Lipinski definition) is 1.